The number of benzene rings is 1. The summed E-state index contributed by atoms with van der Waals surface area (Å²) >= 11 is 0. The molecule has 0 radical (unpaired) electrons. The van der Waals surface area contributed by atoms with Crippen LogP contribution in [0.25, 0.3) is 0 Å². The second-order valence-corrected chi connectivity index (χ2v) is 9.71. The molecule has 1 spiro atoms. The van der Waals surface area contributed by atoms with E-state index in [9.17, 15) is 22.8 Å². The average molecular weight is 468 g/mol. The van der Waals surface area contributed by atoms with Crippen LogP contribution in [0.5, 0.6) is 0 Å². The summed E-state index contributed by atoms with van der Waals surface area (Å²) in [4.78, 5) is 30.1. The van der Waals surface area contributed by atoms with E-state index in [-0.39, 0.29) is 11.3 Å². The minimum Gasteiger partial charge on any atom is -0.437 e. The van der Waals surface area contributed by atoms with Gasteiger partial charge in [0.1, 0.15) is 0 Å². The van der Waals surface area contributed by atoms with Crippen LogP contribution in [0.15, 0.2) is 18.2 Å². The number of hydrogen-bond acceptors (Lipinski definition) is 4. The number of alkyl halides is 3. The quantitative estimate of drug-likeness (QED) is 0.663. The van der Waals surface area contributed by atoms with E-state index >= 15 is 0 Å². The lowest BCUT2D eigenvalue weighted by molar-refractivity contribution is -0.199. The van der Waals surface area contributed by atoms with Gasteiger partial charge in [-0.15, -0.1) is 0 Å². The molecule has 9 heteroatoms. The fourth-order valence-corrected chi connectivity index (χ4v) is 5.39. The summed E-state index contributed by atoms with van der Waals surface area (Å²) in [6.45, 7) is 6.57. The Balaban J connectivity index is 1.35. The van der Waals surface area contributed by atoms with Crippen molar-refractivity contribution in [3.05, 3.63) is 29.3 Å². The fourth-order valence-electron chi connectivity index (χ4n) is 5.39. The summed E-state index contributed by atoms with van der Waals surface area (Å²) in [5.41, 5.74) is 3.39. The molecular weight excluding hydrogens is 435 g/mol. The normalized spacial score (nSPS) is 21.7. The number of likely N-dealkylation sites (tertiary alicyclic amines) is 2. The Bertz CT molecular complexity index is 897. The number of carbonyl (C=O) groups is 2. The van der Waals surface area contributed by atoms with Crippen LogP contribution in [0.3, 0.4) is 0 Å². The van der Waals surface area contributed by atoms with E-state index in [1.807, 2.05) is 4.90 Å². The van der Waals surface area contributed by atoms with E-state index in [2.05, 4.69) is 27.8 Å². The Morgan fingerprint density at radius 1 is 1.12 bits per heavy atom. The van der Waals surface area contributed by atoms with E-state index in [4.69, 9.17) is 0 Å². The van der Waals surface area contributed by atoms with Gasteiger partial charge in [-0.2, -0.15) is 13.2 Å². The molecule has 1 aromatic carbocycles. The molecule has 3 aliphatic rings. The van der Waals surface area contributed by atoms with Gasteiger partial charge in [0.25, 0.3) is 0 Å². The number of hydrogen-bond donors (Lipinski definition) is 0. The Kier molecular flexibility index (Phi) is 6.62. The lowest BCUT2D eigenvalue weighted by Crippen LogP contribution is -2.43. The Morgan fingerprint density at radius 2 is 1.82 bits per heavy atom. The number of ether oxygens (including phenoxy) is 1. The van der Waals surface area contributed by atoms with Crippen molar-refractivity contribution in [2.24, 2.45) is 5.41 Å². The number of nitrogens with zero attached hydrogens (tertiary/aromatic N) is 3. The molecular formula is C24H32F3N3O3. The van der Waals surface area contributed by atoms with E-state index < -0.39 is 18.4 Å². The monoisotopic (exact) mass is 467 g/mol. The van der Waals surface area contributed by atoms with E-state index in [1.165, 1.54) is 10.5 Å². The molecule has 33 heavy (non-hydrogen) atoms. The highest BCUT2D eigenvalue weighted by Crippen LogP contribution is 2.41. The number of halogens is 3. The van der Waals surface area contributed by atoms with Gasteiger partial charge < -0.3 is 14.5 Å². The van der Waals surface area contributed by atoms with E-state index in [1.54, 1.807) is 6.92 Å². The molecule has 0 bridgehead atoms. The zero-order chi connectivity index (χ0) is 23.8. The lowest BCUT2D eigenvalue weighted by atomic mass is 9.77. The van der Waals surface area contributed by atoms with Crippen LogP contribution in [0, 0.1) is 5.41 Å². The summed E-state index contributed by atoms with van der Waals surface area (Å²) < 4.78 is 42.8. The number of piperidine rings is 1. The maximum Gasteiger partial charge on any atom is 0.425 e. The molecule has 2 fully saturated rings. The first-order chi connectivity index (χ1) is 15.6. The number of rotatable bonds is 3. The van der Waals surface area contributed by atoms with Crippen molar-refractivity contribution in [2.45, 2.75) is 64.8 Å². The van der Waals surface area contributed by atoms with Crippen LogP contribution >= 0.6 is 0 Å². The molecule has 2 amide bonds. The Hall–Kier alpha value is -2.29. The Morgan fingerprint density at radius 3 is 2.48 bits per heavy atom. The predicted molar refractivity (Wildman–Crippen MR) is 118 cm³/mol. The number of amides is 2. The molecule has 182 valence electrons. The van der Waals surface area contributed by atoms with Crippen LogP contribution in [-0.4, -0.2) is 66.8 Å². The highest BCUT2D eigenvalue weighted by Gasteiger charge is 2.45. The minimum absolute atomic E-state index is 0.0570. The highest BCUT2D eigenvalue weighted by molar-refractivity contribution is 5.93. The van der Waals surface area contributed by atoms with Gasteiger partial charge in [-0.05, 0) is 68.7 Å². The average Bonchev–Trinajstić information content (AvgIpc) is 3.18. The van der Waals surface area contributed by atoms with Gasteiger partial charge >= 0.3 is 12.3 Å². The van der Waals surface area contributed by atoms with E-state index in [0.717, 1.165) is 76.5 Å². The molecule has 6 nitrogen and oxygen atoms in total. The van der Waals surface area contributed by atoms with Gasteiger partial charge in [0.15, 0.2) is 6.10 Å². The molecule has 0 N–H and O–H groups in total. The number of carbonyl (C=O) groups excluding carboxylic acids is 2. The lowest BCUT2D eigenvalue weighted by Gasteiger charge is -2.40. The zero-order valence-corrected chi connectivity index (χ0v) is 19.3. The van der Waals surface area contributed by atoms with Gasteiger partial charge in [-0.1, -0.05) is 18.2 Å². The zero-order valence-electron chi connectivity index (χ0n) is 19.3. The Labute approximate surface area is 192 Å². The molecule has 1 unspecified atom stereocenters. The molecule has 4 rings (SSSR count). The van der Waals surface area contributed by atoms with Crippen LogP contribution in [0.2, 0.25) is 0 Å². The van der Waals surface area contributed by atoms with E-state index in [0.29, 0.717) is 13.1 Å². The molecule has 1 aromatic rings. The van der Waals surface area contributed by atoms with Gasteiger partial charge in [0.05, 0.1) is 5.69 Å². The molecule has 0 saturated carbocycles. The van der Waals surface area contributed by atoms with Crippen molar-refractivity contribution in [3.8, 4) is 0 Å². The van der Waals surface area contributed by atoms with Crippen molar-refractivity contribution < 1.29 is 27.5 Å². The summed E-state index contributed by atoms with van der Waals surface area (Å²) in [6, 6.07) is 6.26. The predicted octanol–water partition coefficient (Wildman–Crippen LogP) is 4.36. The second-order valence-electron chi connectivity index (χ2n) is 9.71. The minimum atomic E-state index is -4.55. The van der Waals surface area contributed by atoms with Crippen molar-refractivity contribution in [3.63, 3.8) is 0 Å². The largest absolute Gasteiger partial charge is 0.437 e. The fraction of sp³-hybridized carbons (Fsp3) is 0.667. The molecule has 0 aliphatic carbocycles. The van der Waals surface area contributed by atoms with Crippen molar-refractivity contribution in [1.29, 1.82) is 0 Å². The number of fused-ring (bicyclic) bond motifs is 1. The maximum absolute atomic E-state index is 12.7. The third-order valence-corrected chi connectivity index (χ3v) is 7.43. The third-order valence-electron chi connectivity index (χ3n) is 7.43. The van der Waals surface area contributed by atoms with Crippen molar-refractivity contribution in [1.82, 2.24) is 9.80 Å². The first-order valence-corrected chi connectivity index (χ1v) is 11.7. The first-order valence-electron chi connectivity index (χ1n) is 11.7. The van der Waals surface area contributed by atoms with Gasteiger partial charge in [-0.25, -0.2) is 4.79 Å². The molecule has 0 aromatic heterocycles. The summed E-state index contributed by atoms with van der Waals surface area (Å²) in [7, 11) is 0. The summed E-state index contributed by atoms with van der Waals surface area (Å²) in [5, 5.41) is 0. The summed E-state index contributed by atoms with van der Waals surface area (Å²) in [6.07, 6.45) is -3.01. The van der Waals surface area contributed by atoms with Crippen LogP contribution in [0.4, 0.5) is 23.7 Å². The number of aryl methyl sites for hydroxylation is 1. The van der Waals surface area contributed by atoms with Crippen LogP contribution < -0.4 is 4.90 Å². The first kappa shape index (κ1) is 23.9. The van der Waals surface area contributed by atoms with Gasteiger partial charge in [0.2, 0.25) is 5.91 Å². The standard InChI is InChI=1S/C24H32F3N3O3/c1-17(24(25,26)27)33-22(32)29-14-10-23(16-29)8-12-28(13-9-23)15-20-6-3-5-19-7-4-11-30(18(2)31)21(19)20/h3,5-6,17H,4,7-16H2,1-2H3. The van der Waals surface area contributed by atoms with Gasteiger partial charge in [0, 0.05) is 33.1 Å². The third kappa shape index (κ3) is 5.13. The molecule has 1 atom stereocenters. The molecule has 3 heterocycles. The van der Waals surface area contributed by atoms with Crippen LogP contribution in [-0.2, 0) is 22.5 Å². The smallest absolute Gasteiger partial charge is 0.425 e. The number of anilines is 1. The molecule has 3 aliphatic heterocycles. The molecule has 2 saturated heterocycles. The van der Waals surface area contributed by atoms with Crippen LogP contribution in [0.1, 0.15) is 50.7 Å². The highest BCUT2D eigenvalue weighted by atomic mass is 19.4. The summed E-state index contributed by atoms with van der Waals surface area (Å²) in [5.74, 6) is 0.0683. The second kappa shape index (κ2) is 9.16. The van der Waals surface area contributed by atoms with Gasteiger partial charge in [-0.3, -0.25) is 9.69 Å². The topological polar surface area (TPSA) is 53.1 Å². The maximum atomic E-state index is 12.7. The van der Waals surface area contributed by atoms with Crippen molar-refractivity contribution >= 4 is 17.7 Å². The SMILES string of the molecule is CC(=O)N1CCCc2cccc(CN3CCC4(CC3)CCN(C(=O)OC(C)C(F)(F)F)C4)c21. The van der Waals surface area contributed by atoms with Crippen molar-refractivity contribution in [2.75, 3.05) is 37.6 Å². The number of para-hydroxylation sites is 1.